The molecular formula is C27H29N7O4. The molecule has 196 valence electrons. The summed E-state index contributed by atoms with van der Waals surface area (Å²) >= 11 is 0. The summed E-state index contributed by atoms with van der Waals surface area (Å²) in [6.07, 6.45) is 1.60. The summed E-state index contributed by atoms with van der Waals surface area (Å²) in [5, 5.41) is 11.2. The predicted molar refractivity (Wildman–Crippen MR) is 145 cm³/mol. The SMILES string of the molecule is CC#CCn1c(N2CCC[C@@H](N)C2)c(C(=O)O)c2c1c(=O)n(Cc1nc(C)c3ccccc3n1)c(=O)n2C. The second-order valence-electron chi connectivity index (χ2n) is 9.54. The molecule has 0 aliphatic carbocycles. The van der Waals surface area contributed by atoms with E-state index in [0.717, 1.165) is 28.5 Å². The largest absolute Gasteiger partial charge is 0.477 e. The number of aryl methyl sites for hydroxylation is 2. The van der Waals surface area contributed by atoms with E-state index in [4.69, 9.17) is 5.73 Å². The average Bonchev–Trinajstić information content (AvgIpc) is 3.24. The lowest BCUT2D eigenvalue weighted by Gasteiger charge is -2.33. The Hall–Kier alpha value is -4.43. The van der Waals surface area contributed by atoms with Gasteiger partial charge in [-0.15, -0.1) is 5.92 Å². The lowest BCUT2D eigenvalue weighted by molar-refractivity contribution is 0.0699. The van der Waals surface area contributed by atoms with Gasteiger partial charge in [-0.1, -0.05) is 24.1 Å². The number of hydrogen-bond acceptors (Lipinski definition) is 7. The van der Waals surface area contributed by atoms with E-state index in [1.54, 1.807) is 11.5 Å². The number of carboxylic acid groups (broad SMARTS) is 1. The van der Waals surface area contributed by atoms with Gasteiger partial charge in [0.25, 0.3) is 5.56 Å². The molecule has 0 unspecified atom stereocenters. The molecule has 0 radical (unpaired) electrons. The quantitative estimate of drug-likeness (QED) is 0.381. The van der Waals surface area contributed by atoms with Gasteiger partial charge in [0, 0.05) is 37.3 Å². The molecule has 11 nitrogen and oxygen atoms in total. The van der Waals surface area contributed by atoms with Crippen molar-refractivity contribution >= 4 is 33.7 Å². The van der Waals surface area contributed by atoms with Crippen molar-refractivity contribution in [1.29, 1.82) is 0 Å². The van der Waals surface area contributed by atoms with Crippen molar-refractivity contribution in [1.82, 2.24) is 23.7 Å². The number of nitrogens with two attached hydrogens (primary N) is 1. The number of piperidine rings is 1. The molecule has 5 rings (SSSR count). The van der Waals surface area contributed by atoms with Gasteiger partial charge in [0.1, 0.15) is 22.7 Å². The van der Waals surface area contributed by atoms with Crippen LogP contribution >= 0.6 is 0 Å². The van der Waals surface area contributed by atoms with Gasteiger partial charge >= 0.3 is 11.7 Å². The molecule has 1 fully saturated rings. The Bertz CT molecular complexity index is 1770. The van der Waals surface area contributed by atoms with Gasteiger partial charge in [0.05, 0.1) is 24.1 Å². The molecule has 1 aliphatic heterocycles. The molecule has 38 heavy (non-hydrogen) atoms. The first kappa shape index (κ1) is 25.2. The number of carbonyl (C=O) groups is 1. The predicted octanol–water partition coefficient (Wildman–Crippen LogP) is 1.45. The molecule has 1 aromatic carbocycles. The minimum absolute atomic E-state index is 0.0615. The second kappa shape index (κ2) is 9.79. The number of hydrogen-bond donors (Lipinski definition) is 2. The summed E-state index contributed by atoms with van der Waals surface area (Å²) in [6, 6.07) is 7.38. The van der Waals surface area contributed by atoms with Crippen LogP contribution in [-0.4, -0.2) is 53.9 Å². The minimum Gasteiger partial charge on any atom is -0.477 e. The Morgan fingerprint density at radius 3 is 2.66 bits per heavy atom. The van der Waals surface area contributed by atoms with E-state index in [1.807, 2.05) is 36.1 Å². The fraction of sp³-hybridized carbons (Fsp3) is 0.370. The monoisotopic (exact) mass is 515 g/mol. The summed E-state index contributed by atoms with van der Waals surface area (Å²) in [4.78, 5) is 51.1. The van der Waals surface area contributed by atoms with Crippen LogP contribution in [0.15, 0.2) is 33.9 Å². The molecule has 4 aromatic rings. The van der Waals surface area contributed by atoms with Crippen LogP contribution in [0.4, 0.5) is 5.82 Å². The Balaban J connectivity index is 1.79. The smallest absolute Gasteiger partial charge is 0.341 e. The van der Waals surface area contributed by atoms with Gasteiger partial charge < -0.3 is 20.3 Å². The Morgan fingerprint density at radius 1 is 1.18 bits per heavy atom. The standard InChI is InChI=1S/C27H29N7O4/c1-4-5-13-33-23-22(21(26(36)37)24(33)32-12-8-9-17(28)14-32)31(3)27(38)34(25(23)35)15-20-29-16(2)18-10-6-7-11-19(18)30-20/h6-7,10-11,17H,8-9,12-15,28H2,1-3H3,(H,36,37)/t17-/m1/s1. The van der Waals surface area contributed by atoms with Crippen LogP contribution in [0.25, 0.3) is 21.9 Å². The molecule has 3 aromatic heterocycles. The highest BCUT2D eigenvalue weighted by atomic mass is 16.4. The second-order valence-corrected chi connectivity index (χ2v) is 9.54. The Morgan fingerprint density at radius 2 is 1.95 bits per heavy atom. The first-order valence-electron chi connectivity index (χ1n) is 12.4. The molecule has 1 atom stereocenters. The molecule has 1 aliphatic rings. The van der Waals surface area contributed by atoms with Gasteiger partial charge in [-0.05, 0) is 32.8 Å². The van der Waals surface area contributed by atoms with Crippen molar-refractivity contribution in [2.45, 2.75) is 45.8 Å². The zero-order chi connectivity index (χ0) is 27.1. The number of para-hydroxylation sites is 1. The summed E-state index contributed by atoms with van der Waals surface area (Å²) in [7, 11) is 1.47. The van der Waals surface area contributed by atoms with Crippen molar-refractivity contribution < 1.29 is 9.90 Å². The fourth-order valence-corrected chi connectivity index (χ4v) is 5.31. The van der Waals surface area contributed by atoms with Crippen LogP contribution in [0.5, 0.6) is 0 Å². The van der Waals surface area contributed by atoms with E-state index >= 15 is 0 Å². The molecule has 3 N–H and O–H groups in total. The molecule has 4 heterocycles. The topological polar surface area (TPSA) is 141 Å². The normalized spacial score (nSPS) is 15.6. The van der Waals surface area contributed by atoms with Gasteiger partial charge in [-0.25, -0.2) is 19.6 Å². The van der Waals surface area contributed by atoms with E-state index in [-0.39, 0.29) is 35.7 Å². The summed E-state index contributed by atoms with van der Waals surface area (Å²) in [5.74, 6) is 5.21. The average molecular weight is 516 g/mol. The molecule has 1 saturated heterocycles. The van der Waals surface area contributed by atoms with Crippen molar-refractivity contribution in [3.63, 3.8) is 0 Å². The molecule has 0 bridgehead atoms. The zero-order valence-corrected chi connectivity index (χ0v) is 21.6. The third-order valence-electron chi connectivity index (χ3n) is 7.04. The number of fused-ring (bicyclic) bond motifs is 2. The van der Waals surface area contributed by atoms with Gasteiger partial charge in [0.15, 0.2) is 0 Å². The molecule has 11 heteroatoms. The molecular weight excluding hydrogens is 486 g/mol. The van der Waals surface area contributed by atoms with E-state index in [2.05, 4.69) is 21.8 Å². The Labute approximate surface area is 218 Å². The van der Waals surface area contributed by atoms with E-state index in [0.29, 0.717) is 30.2 Å². The van der Waals surface area contributed by atoms with Crippen LogP contribution < -0.4 is 21.9 Å². The Kier molecular flexibility index (Phi) is 6.50. The van der Waals surface area contributed by atoms with Crippen molar-refractivity contribution in [2.24, 2.45) is 12.8 Å². The summed E-state index contributed by atoms with van der Waals surface area (Å²) < 4.78 is 3.88. The zero-order valence-electron chi connectivity index (χ0n) is 21.6. The maximum atomic E-state index is 14.0. The maximum Gasteiger partial charge on any atom is 0.341 e. The highest BCUT2D eigenvalue weighted by molar-refractivity contribution is 6.07. The maximum absolute atomic E-state index is 14.0. The van der Waals surface area contributed by atoms with E-state index in [1.165, 1.54) is 11.6 Å². The third-order valence-corrected chi connectivity index (χ3v) is 7.04. The van der Waals surface area contributed by atoms with Crippen LogP contribution in [0.3, 0.4) is 0 Å². The molecule has 0 amide bonds. The number of aromatic nitrogens is 5. The van der Waals surface area contributed by atoms with Crippen LogP contribution in [-0.2, 0) is 20.1 Å². The third kappa shape index (κ3) is 4.13. The number of aromatic carboxylic acids is 1. The number of anilines is 1. The lowest BCUT2D eigenvalue weighted by atomic mass is 10.1. The number of benzene rings is 1. The fourth-order valence-electron chi connectivity index (χ4n) is 5.31. The lowest BCUT2D eigenvalue weighted by Crippen LogP contribution is -2.44. The van der Waals surface area contributed by atoms with Crippen LogP contribution in [0.1, 0.15) is 41.6 Å². The number of nitrogens with zero attached hydrogens (tertiary/aromatic N) is 6. The van der Waals surface area contributed by atoms with Crippen molar-refractivity contribution in [2.75, 3.05) is 18.0 Å². The van der Waals surface area contributed by atoms with Crippen molar-refractivity contribution in [3.05, 3.63) is 62.2 Å². The molecule has 0 saturated carbocycles. The van der Waals surface area contributed by atoms with Gasteiger partial charge in [-0.3, -0.25) is 13.9 Å². The molecule has 0 spiro atoms. The minimum atomic E-state index is -1.23. The summed E-state index contributed by atoms with van der Waals surface area (Å²) in [6.45, 7) is 4.46. The van der Waals surface area contributed by atoms with Gasteiger partial charge in [0.2, 0.25) is 0 Å². The number of rotatable bonds is 5. The first-order valence-corrected chi connectivity index (χ1v) is 12.4. The van der Waals surface area contributed by atoms with E-state index in [9.17, 15) is 19.5 Å². The number of carboxylic acids is 1. The highest BCUT2D eigenvalue weighted by Gasteiger charge is 2.32. The first-order chi connectivity index (χ1) is 18.2. The summed E-state index contributed by atoms with van der Waals surface area (Å²) in [5.41, 5.74) is 6.44. The van der Waals surface area contributed by atoms with Crippen LogP contribution in [0.2, 0.25) is 0 Å². The van der Waals surface area contributed by atoms with Crippen LogP contribution in [0, 0.1) is 18.8 Å². The van der Waals surface area contributed by atoms with E-state index < -0.39 is 17.2 Å². The van der Waals surface area contributed by atoms with Crippen molar-refractivity contribution in [3.8, 4) is 11.8 Å². The highest BCUT2D eigenvalue weighted by Crippen LogP contribution is 2.32. The van der Waals surface area contributed by atoms with Gasteiger partial charge in [-0.2, -0.15) is 0 Å².